The summed E-state index contributed by atoms with van der Waals surface area (Å²) in [7, 11) is 0. The van der Waals surface area contributed by atoms with E-state index in [4.69, 9.17) is 0 Å². The number of nitrogens with one attached hydrogen (secondary N) is 1. The van der Waals surface area contributed by atoms with Crippen LogP contribution in [-0.4, -0.2) is 27.8 Å². The van der Waals surface area contributed by atoms with Gasteiger partial charge in [0.15, 0.2) is 0 Å². The average Bonchev–Trinajstić information content (AvgIpc) is 3.17. The molecule has 1 aliphatic carbocycles. The van der Waals surface area contributed by atoms with E-state index in [1.807, 2.05) is 0 Å². The van der Waals surface area contributed by atoms with Crippen molar-refractivity contribution in [1.82, 2.24) is 4.98 Å². The second-order valence-corrected chi connectivity index (χ2v) is 7.69. The molecule has 7 heteroatoms. The molecule has 2 aliphatic rings. The molecule has 4 nitrogen and oxygen atoms in total. The van der Waals surface area contributed by atoms with Crippen molar-refractivity contribution < 1.29 is 18.3 Å². The lowest BCUT2D eigenvalue weighted by Crippen LogP contribution is -2.37. The summed E-state index contributed by atoms with van der Waals surface area (Å²) in [5, 5.41) is 10.3. The van der Waals surface area contributed by atoms with Crippen LogP contribution in [0.1, 0.15) is 44.6 Å². The molecule has 2 aromatic rings. The molecule has 2 N–H and O–H groups in total. The normalized spacial score (nSPS) is 25.0. The maximum atomic E-state index is 13.4. The zero-order valence-electron chi connectivity index (χ0n) is 14.4. The second-order valence-electron chi connectivity index (χ2n) is 7.69. The summed E-state index contributed by atoms with van der Waals surface area (Å²) in [6.07, 6.45) is -0.501. The molecule has 26 heavy (non-hydrogen) atoms. The number of anilines is 1. The van der Waals surface area contributed by atoms with Crippen molar-refractivity contribution in [3.63, 3.8) is 0 Å². The number of rotatable bonds is 3. The van der Waals surface area contributed by atoms with Crippen molar-refractivity contribution in [2.75, 3.05) is 4.90 Å². The van der Waals surface area contributed by atoms with Gasteiger partial charge in [0.2, 0.25) is 5.56 Å². The van der Waals surface area contributed by atoms with E-state index in [1.165, 1.54) is 12.1 Å². The van der Waals surface area contributed by atoms with E-state index in [-0.39, 0.29) is 23.0 Å². The van der Waals surface area contributed by atoms with Gasteiger partial charge >= 0.3 is 6.18 Å². The van der Waals surface area contributed by atoms with Gasteiger partial charge < -0.3 is 15.0 Å². The summed E-state index contributed by atoms with van der Waals surface area (Å²) in [6.45, 7) is 2.05. The number of aromatic amines is 1. The van der Waals surface area contributed by atoms with E-state index >= 15 is 0 Å². The maximum absolute atomic E-state index is 13.4. The van der Waals surface area contributed by atoms with Crippen molar-refractivity contribution >= 4 is 16.6 Å². The number of benzene rings is 1. The highest BCUT2D eigenvalue weighted by Gasteiger charge is 2.45. The van der Waals surface area contributed by atoms with Crippen molar-refractivity contribution in [3.05, 3.63) is 40.2 Å². The number of fused-ring (bicyclic) bond motifs is 1. The summed E-state index contributed by atoms with van der Waals surface area (Å²) in [5.74, 6) is 0. The predicted molar refractivity (Wildman–Crippen MR) is 93.3 cm³/mol. The Morgan fingerprint density at radius 1 is 1.27 bits per heavy atom. The third kappa shape index (κ3) is 3.09. The number of aromatic nitrogens is 1. The molecule has 1 aliphatic heterocycles. The van der Waals surface area contributed by atoms with E-state index in [0.29, 0.717) is 18.2 Å². The molecule has 1 aromatic heterocycles. The Bertz CT molecular complexity index is 902. The van der Waals surface area contributed by atoms with Crippen LogP contribution in [0.15, 0.2) is 29.1 Å². The third-order valence-electron chi connectivity index (χ3n) is 5.66. The Morgan fingerprint density at radius 3 is 2.65 bits per heavy atom. The van der Waals surface area contributed by atoms with Gasteiger partial charge in [-0.25, -0.2) is 0 Å². The Morgan fingerprint density at radius 2 is 2.00 bits per heavy atom. The van der Waals surface area contributed by atoms with Crippen molar-refractivity contribution in [2.45, 2.75) is 62.9 Å². The monoisotopic (exact) mass is 366 g/mol. The van der Waals surface area contributed by atoms with Crippen LogP contribution in [0.2, 0.25) is 0 Å². The van der Waals surface area contributed by atoms with Crippen LogP contribution in [-0.2, 0) is 6.18 Å². The fraction of sp³-hybridized carbons (Fsp3) is 0.526. The van der Waals surface area contributed by atoms with Gasteiger partial charge in [-0.2, -0.15) is 13.2 Å². The van der Waals surface area contributed by atoms with E-state index in [9.17, 15) is 23.1 Å². The zero-order chi connectivity index (χ0) is 18.7. The molecular weight excluding hydrogens is 345 g/mol. The fourth-order valence-corrected chi connectivity index (χ4v) is 4.16. The van der Waals surface area contributed by atoms with Crippen molar-refractivity contribution in [3.8, 4) is 0 Å². The number of hydrogen-bond acceptors (Lipinski definition) is 3. The lowest BCUT2D eigenvalue weighted by molar-refractivity contribution is -0.136. The summed E-state index contributed by atoms with van der Waals surface area (Å²) >= 11 is 0. The van der Waals surface area contributed by atoms with Gasteiger partial charge in [0.25, 0.3) is 0 Å². The second kappa shape index (κ2) is 5.74. The van der Waals surface area contributed by atoms with Gasteiger partial charge in [-0.1, -0.05) is 0 Å². The predicted octanol–water partition coefficient (Wildman–Crippen LogP) is 3.82. The van der Waals surface area contributed by atoms with Crippen LogP contribution in [0.4, 0.5) is 18.9 Å². The number of alkyl halides is 3. The summed E-state index contributed by atoms with van der Waals surface area (Å²) < 4.78 is 40.2. The molecule has 0 amide bonds. The highest BCUT2D eigenvalue weighted by Crippen LogP contribution is 2.44. The molecule has 4 rings (SSSR count). The molecule has 2 heterocycles. The first kappa shape index (κ1) is 17.4. The van der Waals surface area contributed by atoms with Crippen molar-refractivity contribution in [2.24, 2.45) is 0 Å². The minimum Gasteiger partial charge on any atom is -0.390 e. The standard InChI is InChI=1S/C19H21F3N2O2/c1-11-2-3-13(10-18(26)6-7-18)24(11)12-4-5-16-14(8-12)15(19(20,21)22)9-17(25)23-16/h4-5,8-9,11,13,26H,2-3,6-7,10H2,1H3,(H,23,25). The van der Waals surface area contributed by atoms with Gasteiger partial charge in [0.1, 0.15) is 0 Å². The highest BCUT2D eigenvalue weighted by molar-refractivity contribution is 5.86. The Kier molecular flexibility index (Phi) is 3.84. The van der Waals surface area contributed by atoms with Gasteiger partial charge in [-0.3, -0.25) is 4.79 Å². The first-order chi connectivity index (χ1) is 12.2. The largest absolute Gasteiger partial charge is 0.417 e. The minimum atomic E-state index is -4.59. The molecule has 0 spiro atoms. The molecule has 1 saturated carbocycles. The number of H-pyrrole nitrogens is 1. The van der Waals surface area contributed by atoms with Crippen LogP contribution >= 0.6 is 0 Å². The Labute approximate surface area is 148 Å². The first-order valence-electron chi connectivity index (χ1n) is 8.91. The number of nitrogens with zero attached hydrogens (tertiary/aromatic N) is 1. The Hall–Kier alpha value is -2.02. The molecule has 0 bridgehead atoms. The lowest BCUT2D eigenvalue weighted by Gasteiger charge is -2.32. The van der Waals surface area contributed by atoms with Crippen molar-refractivity contribution in [1.29, 1.82) is 0 Å². The van der Waals surface area contributed by atoms with E-state index in [0.717, 1.165) is 25.7 Å². The van der Waals surface area contributed by atoms with E-state index in [1.54, 1.807) is 6.07 Å². The third-order valence-corrected chi connectivity index (χ3v) is 5.66. The number of pyridine rings is 1. The molecular formula is C19H21F3N2O2. The van der Waals surface area contributed by atoms with E-state index in [2.05, 4.69) is 16.8 Å². The quantitative estimate of drug-likeness (QED) is 0.868. The summed E-state index contributed by atoms with van der Waals surface area (Å²) in [6, 6.07) is 5.73. The van der Waals surface area contributed by atoms with Crippen LogP contribution < -0.4 is 10.5 Å². The number of hydrogen-bond donors (Lipinski definition) is 2. The maximum Gasteiger partial charge on any atom is 0.417 e. The SMILES string of the molecule is CC1CCC(CC2(O)CC2)N1c1ccc2[nH]c(=O)cc(C(F)(F)F)c2c1. The lowest BCUT2D eigenvalue weighted by atomic mass is 10.0. The first-order valence-corrected chi connectivity index (χ1v) is 8.91. The minimum absolute atomic E-state index is 0.00224. The molecule has 2 unspecified atom stereocenters. The summed E-state index contributed by atoms with van der Waals surface area (Å²) in [5.41, 5.74) is -1.40. The topological polar surface area (TPSA) is 56.3 Å². The molecule has 2 fully saturated rings. The number of halogens is 3. The smallest absolute Gasteiger partial charge is 0.390 e. The molecule has 1 aromatic carbocycles. The molecule has 1 saturated heterocycles. The summed E-state index contributed by atoms with van der Waals surface area (Å²) in [4.78, 5) is 16.2. The average molecular weight is 366 g/mol. The van der Waals surface area contributed by atoms with Crippen LogP contribution in [0, 0.1) is 0 Å². The van der Waals surface area contributed by atoms with Gasteiger partial charge in [-0.15, -0.1) is 0 Å². The van der Waals surface area contributed by atoms with Gasteiger partial charge in [-0.05, 0) is 57.2 Å². The molecule has 140 valence electrons. The number of aliphatic hydroxyl groups is 1. The molecule has 0 radical (unpaired) electrons. The van der Waals surface area contributed by atoms with Crippen LogP contribution in [0.25, 0.3) is 10.9 Å². The van der Waals surface area contributed by atoms with E-state index < -0.39 is 22.9 Å². The zero-order valence-corrected chi connectivity index (χ0v) is 14.4. The highest BCUT2D eigenvalue weighted by atomic mass is 19.4. The van der Waals surface area contributed by atoms with Gasteiger partial charge in [0, 0.05) is 34.7 Å². The van der Waals surface area contributed by atoms with Crippen LogP contribution in [0.5, 0.6) is 0 Å². The fourth-order valence-electron chi connectivity index (χ4n) is 4.16. The molecule has 2 atom stereocenters. The van der Waals surface area contributed by atoms with Gasteiger partial charge in [0.05, 0.1) is 11.2 Å². The van der Waals surface area contributed by atoms with Crippen LogP contribution in [0.3, 0.4) is 0 Å². The Balaban J connectivity index is 1.78.